The molecular formula is C15H22N4. The Hall–Kier alpha value is -1.81. The zero-order chi connectivity index (χ0) is 13.7. The summed E-state index contributed by atoms with van der Waals surface area (Å²) in [5.41, 5.74) is 8.06. The molecule has 2 aromatic rings. The summed E-state index contributed by atoms with van der Waals surface area (Å²) in [5.74, 6) is 1.10. The molecule has 4 heteroatoms. The van der Waals surface area contributed by atoms with Crippen LogP contribution in [0.15, 0.2) is 36.7 Å². The summed E-state index contributed by atoms with van der Waals surface area (Å²) < 4.78 is 2.19. The first-order valence-corrected chi connectivity index (χ1v) is 6.67. The van der Waals surface area contributed by atoms with Gasteiger partial charge >= 0.3 is 0 Å². The van der Waals surface area contributed by atoms with Crippen LogP contribution in [0.25, 0.3) is 0 Å². The van der Waals surface area contributed by atoms with Gasteiger partial charge in [-0.25, -0.2) is 4.98 Å². The lowest BCUT2D eigenvalue weighted by Crippen LogP contribution is -2.09. The molecule has 0 spiro atoms. The Morgan fingerprint density at radius 2 is 1.95 bits per heavy atom. The number of aryl methyl sites for hydroxylation is 1. The summed E-state index contributed by atoms with van der Waals surface area (Å²) in [6.45, 7) is 1.66. The maximum atomic E-state index is 5.55. The summed E-state index contributed by atoms with van der Waals surface area (Å²) >= 11 is 0. The van der Waals surface area contributed by atoms with Crippen LogP contribution in [0, 0.1) is 0 Å². The molecule has 0 fully saturated rings. The predicted octanol–water partition coefficient (Wildman–Crippen LogP) is 1.89. The molecule has 0 aliphatic rings. The maximum absolute atomic E-state index is 5.55. The van der Waals surface area contributed by atoms with E-state index < -0.39 is 0 Å². The van der Waals surface area contributed by atoms with Crippen molar-refractivity contribution in [1.29, 1.82) is 0 Å². The van der Waals surface area contributed by atoms with E-state index in [4.69, 9.17) is 5.73 Å². The molecular weight excluding hydrogens is 236 g/mol. The van der Waals surface area contributed by atoms with Crippen LogP contribution in [0.4, 0.5) is 5.69 Å². The van der Waals surface area contributed by atoms with E-state index in [-0.39, 0.29) is 0 Å². The second kappa shape index (κ2) is 6.38. The number of aromatic nitrogens is 2. The van der Waals surface area contributed by atoms with E-state index in [1.807, 2.05) is 12.4 Å². The van der Waals surface area contributed by atoms with Gasteiger partial charge in [0.25, 0.3) is 0 Å². The highest BCUT2D eigenvalue weighted by Crippen LogP contribution is 2.15. The molecule has 102 valence electrons. The number of imidazole rings is 1. The lowest BCUT2D eigenvalue weighted by atomic mass is 10.1. The molecule has 1 heterocycles. The van der Waals surface area contributed by atoms with Crippen LogP contribution in [0.5, 0.6) is 0 Å². The number of hydrogen-bond acceptors (Lipinski definition) is 3. The minimum atomic E-state index is 0.717. The molecule has 0 aliphatic carbocycles. The monoisotopic (exact) mass is 258 g/mol. The van der Waals surface area contributed by atoms with Gasteiger partial charge in [0.2, 0.25) is 0 Å². The van der Waals surface area contributed by atoms with Crippen LogP contribution in [-0.2, 0) is 13.0 Å². The third-order valence-corrected chi connectivity index (χ3v) is 3.22. The van der Waals surface area contributed by atoms with Gasteiger partial charge in [0.1, 0.15) is 5.82 Å². The largest absolute Gasteiger partial charge is 0.378 e. The molecule has 0 aliphatic heterocycles. The molecule has 19 heavy (non-hydrogen) atoms. The van der Waals surface area contributed by atoms with Crippen molar-refractivity contribution in [3.63, 3.8) is 0 Å². The van der Waals surface area contributed by atoms with Gasteiger partial charge in [0.15, 0.2) is 0 Å². The topological polar surface area (TPSA) is 47.1 Å². The summed E-state index contributed by atoms with van der Waals surface area (Å²) in [7, 11) is 4.10. The smallest absolute Gasteiger partial charge is 0.113 e. The molecule has 2 rings (SSSR count). The predicted molar refractivity (Wildman–Crippen MR) is 79.5 cm³/mol. The van der Waals surface area contributed by atoms with Crippen LogP contribution in [0.2, 0.25) is 0 Å². The highest BCUT2D eigenvalue weighted by Gasteiger charge is 2.04. The normalized spacial score (nSPS) is 10.7. The highest BCUT2D eigenvalue weighted by molar-refractivity contribution is 5.46. The fourth-order valence-electron chi connectivity index (χ4n) is 2.07. The number of hydrogen-bond donors (Lipinski definition) is 1. The van der Waals surface area contributed by atoms with Crippen molar-refractivity contribution in [2.45, 2.75) is 19.4 Å². The Labute approximate surface area is 114 Å². The van der Waals surface area contributed by atoms with Crippen molar-refractivity contribution in [3.8, 4) is 0 Å². The van der Waals surface area contributed by atoms with E-state index in [0.29, 0.717) is 0 Å². The van der Waals surface area contributed by atoms with E-state index in [1.54, 1.807) is 0 Å². The Kier molecular flexibility index (Phi) is 4.58. The van der Waals surface area contributed by atoms with Crippen molar-refractivity contribution in [3.05, 3.63) is 48.0 Å². The van der Waals surface area contributed by atoms with Crippen LogP contribution in [0.3, 0.4) is 0 Å². The standard InChI is InChI=1S/C15H22N4/c1-18(2)14-6-4-13(5-7-14)12-15-17-9-11-19(15)10-3-8-16/h4-7,9,11H,3,8,10,12,16H2,1-2H3. The van der Waals surface area contributed by atoms with E-state index in [2.05, 4.69) is 52.8 Å². The second-order valence-electron chi connectivity index (χ2n) is 4.92. The molecule has 4 nitrogen and oxygen atoms in total. The van der Waals surface area contributed by atoms with Crippen LogP contribution in [-0.4, -0.2) is 30.2 Å². The maximum Gasteiger partial charge on any atom is 0.113 e. The summed E-state index contributed by atoms with van der Waals surface area (Å²) in [6, 6.07) is 8.61. The first-order valence-electron chi connectivity index (χ1n) is 6.67. The SMILES string of the molecule is CN(C)c1ccc(Cc2nccn2CCCN)cc1. The minimum absolute atomic E-state index is 0.717. The van der Waals surface area contributed by atoms with Crippen molar-refractivity contribution >= 4 is 5.69 Å². The number of anilines is 1. The third kappa shape index (κ3) is 3.58. The average Bonchev–Trinajstić information content (AvgIpc) is 2.84. The summed E-state index contributed by atoms with van der Waals surface area (Å²) in [4.78, 5) is 6.54. The van der Waals surface area contributed by atoms with Crippen molar-refractivity contribution in [1.82, 2.24) is 9.55 Å². The molecule has 0 saturated carbocycles. The van der Waals surface area contributed by atoms with Gasteiger partial charge in [-0.05, 0) is 30.7 Å². The fourth-order valence-corrected chi connectivity index (χ4v) is 2.07. The molecule has 1 aromatic heterocycles. The van der Waals surface area contributed by atoms with Crippen molar-refractivity contribution in [2.24, 2.45) is 5.73 Å². The molecule has 0 amide bonds. The number of rotatable bonds is 6. The Balaban J connectivity index is 2.06. The molecule has 2 N–H and O–H groups in total. The second-order valence-corrected chi connectivity index (χ2v) is 4.92. The number of benzene rings is 1. The zero-order valence-electron chi connectivity index (χ0n) is 11.7. The first kappa shape index (κ1) is 13.6. The van der Waals surface area contributed by atoms with Gasteiger partial charge < -0.3 is 15.2 Å². The van der Waals surface area contributed by atoms with Gasteiger partial charge in [-0.1, -0.05) is 12.1 Å². The van der Waals surface area contributed by atoms with E-state index in [9.17, 15) is 0 Å². The van der Waals surface area contributed by atoms with Crippen LogP contribution in [0.1, 0.15) is 17.8 Å². The molecule has 0 atom stereocenters. The van der Waals surface area contributed by atoms with Gasteiger partial charge in [0, 0.05) is 45.1 Å². The Morgan fingerprint density at radius 1 is 1.21 bits per heavy atom. The average molecular weight is 258 g/mol. The minimum Gasteiger partial charge on any atom is -0.378 e. The van der Waals surface area contributed by atoms with E-state index >= 15 is 0 Å². The lowest BCUT2D eigenvalue weighted by molar-refractivity contribution is 0.624. The van der Waals surface area contributed by atoms with Crippen molar-refractivity contribution in [2.75, 3.05) is 25.5 Å². The van der Waals surface area contributed by atoms with Gasteiger partial charge in [-0.2, -0.15) is 0 Å². The van der Waals surface area contributed by atoms with Crippen LogP contribution < -0.4 is 10.6 Å². The summed E-state index contributed by atoms with van der Waals surface area (Å²) in [6.07, 6.45) is 5.74. The summed E-state index contributed by atoms with van der Waals surface area (Å²) in [5, 5.41) is 0. The molecule has 0 saturated heterocycles. The quantitative estimate of drug-likeness (QED) is 0.860. The van der Waals surface area contributed by atoms with E-state index in [0.717, 1.165) is 31.8 Å². The fraction of sp³-hybridized carbons (Fsp3) is 0.400. The Bertz CT molecular complexity index is 499. The first-order chi connectivity index (χ1) is 9.20. The molecule has 1 aromatic carbocycles. The lowest BCUT2D eigenvalue weighted by Gasteiger charge is -2.13. The van der Waals surface area contributed by atoms with Crippen LogP contribution >= 0.6 is 0 Å². The number of nitrogens with zero attached hydrogens (tertiary/aromatic N) is 3. The van der Waals surface area contributed by atoms with Gasteiger partial charge in [-0.15, -0.1) is 0 Å². The third-order valence-electron chi connectivity index (χ3n) is 3.22. The molecule has 0 radical (unpaired) electrons. The highest BCUT2D eigenvalue weighted by atomic mass is 15.1. The van der Waals surface area contributed by atoms with Gasteiger partial charge in [-0.3, -0.25) is 0 Å². The molecule has 0 unspecified atom stereocenters. The van der Waals surface area contributed by atoms with Crippen molar-refractivity contribution < 1.29 is 0 Å². The molecule has 0 bridgehead atoms. The Morgan fingerprint density at radius 3 is 2.58 bits per heavy atom. The van der Waals surface area contributed by atoms with Gasteiger partial charge in [0.05, 0.1) is 0 Å². The van der Waals surface area contributed by atoms with E-state index in [1.165, 1.54) is 11.3 Å². The zero-order valence-corrected chi connectivity index (χ0v) is 11.7. The number of nitrogens with two attached hydrogens (primary N) is 1.